The number of nitrogens with zero attached hydrogens (tertiary/aromatic N) is 1. The van der Waals surface area contributed by atoms with Gasteiger partial charge in [-0.2, -0.15) is 0 Å². The summed E-state index contributed by atoms with van der Waals surface area (Å²) in [6.07, 6.45) is 0. The molecule has 0 aromatic heterocycles. The number of halogens is 3. The van der Waals surface area contributed by atoms with E-state index in [1.54, 1.807) is 11.0 Å². The maximum atomic E-state index is 13.6. The van der Waals surface area contributed by atoms with Crippen LogP contribution in [0.5, 0.6) is 0 Å². The van der Waals surface area contributed by atoms with Crippen LogP contribution in [0, 0.1) is 5.82 Å². The molecular weight excluding hydrogens is 322 g/mol. The molecule has 6 heteroatoms. The quantitative estimate of drug-likeness (QED) is 0.854. The highest BCUT2D eigenvalue weighted by Gasteiger charge is 2.23. The van der Waals surface area contributed by atoms with E-state index in [1.165, 1.54) is 12.1 Å². The summed E-state index contributed by atoms with van der Waals surface area (Å²) in [7, 11) is 0. The van der Waals surface area contributed by atoms with Gasteiger partial charge in [-0.15, -0.1) is 12.4 Å². The highest BCUT2D eigenvalue weighted by molar-refractivity contribution is 9.10. The lowest BCUT2D eigenvalue weighted by atomic mass is 10.1. The molecule has 1 unspecified atom stereocenters. The molecule has 1 atom stereocenters. The van der Waals surface area contributed by atoms with E-state index in [0.717, 1.165) is 6.54 Å². The van der Waals surface area contributed by atoms with Crippen LogP contribution in [0.2, 0.25) is 0 Å². The average molecular weight is 338 g/mol. The number of hydrogen-bond donors (Lipinski definition) is 1. The van der Waals surface area contributed by atoms with E-state index in [4.69, 9.17) is 0 Å². The zero-order valence-electron chi connectivity index (χ0n) is 9.95. The summed E-state index contributed by atoms with van der Waals surface area (Å²) in [5.41, 5.74) is 0.133. The van der Waals surface area contributed by atoms with Crippen LogP contribution in [0.1, 0.15) is 17.3 Å². The van der Waals surface area contributed by atoms with Crippen molar-refractivity contribution in [3.8, 4) is 0 Å². The summed E-state index contributed by atoms with van der Waals surface area (Å²) >= 11 is 3.25. The molecule has 1 N–H and O–H groups in total. The minimum Gasteiger partial charge on any atom is -0.336 e. The lowest BCUT2D eigenvalue weighted by Crippen LogP contribution is -2.51. The molecule has 18 heavy (non-hydrogen) atoms. The Labute approximate surface area is 120 Å². The zero-order valence-corrected chi connectivity index (χ0v) is 12.4. The Morgan fingerprint density at radius 1 is 1.56 bits per heavy atom. The predicted octanol–water partition coefficient (Wildman–Crippen LogP) is 2.44. The van der Waals surface area contributed by atoms with Gasteiger partial charge < -0.3 is 10.2 Å². The molecule has 0 saturated carbocycles. The molecule has 3 nitrogen and oxygen atoms in total. The van der Waals surface area contributed by atoms with Crippen molar-refractivity contribution in [2.45, 2.75) is 13.0 Å². The Morgan fingerprint density at radius 2 is 2.28 bits per heavy atom. The first kappa shape index (κ1) is 15.4. The topological polar surface area (TPSA) is 32.3 Å². The fraction of sp³-hybridized carbons (Fsp3) is 0.417. The molecule has 0 spiro atoms. The standard InChI is InChI=1S/C12H14BrFN2O.ClH/c1-8-7-16(5-4-15-8)12(17)10-6-9(13)2-3-11(10)14;/h2-3,6,8,15H,4-5,7H2,1H3;1H. The molecule has 1 aliphatic heterocycles. The summed E-state index contributed by atoms with van der Waals surface area (Å²) in [5, 5.41) is 3.25. The Balaban J connectivity index is 0.00000162. The second-order valence-corrected chi connectivity index (χ2v) is 5.15. The third-order valence-corrected chi connectivity index (χ3v) is 3.31. The molecule has 0 radical (unpaired) electrons. The molecule has 1 aromatic carbocycles. The van der Waals surface area contributed by atoms with Gasteiger partial charge in [0.05, 0.1) is 5.56 Å². The number of hydrogen-bond acceptors (Lipinski definition) is 2. The summed E-state index contributed by atoms with van der Waals surface area (Å²) in [4.78, 5) is 13.8. The van der Waals surface area contributed by atoms with Gasteiger partial charge in [-0.3, -0.25) is 4.79 Å². The van der Waals surface area contributed by atoms with E-state index in [0.29, 0.717) is 17.6 Å². The molecule has 1 amide bonds. The fourth-order valence-electron chi connectivity index (χ4n) is 1.95. The molecule has 1 saturated heterocycles. The third-order valence-electron chi connectivity index (χ3n) is 2.81. The number of amides is 1. The Morgan fingerprint density at radius 3 is 2.94 bits per heavy atom. The van der Waals surface area contributed by atoms with Crippen molar-refractivity contribution < 1.29 is 9.18 Å². The molecule has 1 aromatic rings. The smallest absolute Gasteiger partial charge is 0.256 e. The van der Waals surface area contributed by atoms with E-state index in [2.05, 4.69) is 21.2 Å². The van der Waals surface area contributed by atoms with E-state index >= 15 is 0 Å². The van der Waals surface area contributed by atoms with Crippen LogP contribution in [-0.4, -0.2) is 36.5 Å². The van der Waals surface area contributed by atoms with Crippen LogP contribution in [0.25, 0.3) is 0 Å². The fourth-order valence-corrected chi connectivity index (χ4v) is 2.31. The average Bonchev–Trinajstić information content (AvgIpc) is 2.31. The van der Waals surface area contributed by atoms with Crippen molar-refractivity contribution in [2.24, 2.45) is 0 Å². The maximum Gasteiger partial charge on any atom is 0.256 e. The number of piperazine rings is 1. The number of nitrogens with one attached hydrogen (secondary N) is 1. The largest absolute Gasteiger partial charge is 0.336 e. The molecule has 0 aliphatic carbocycles. The van der Waals surface area contributed by atoms with Gasteiger partial charge in [-0.05, 0) is 25.1 Å². The van der Waals surface area contributed by atoms with Crippen molar-refractivity contribution in [3.05, 3.63) is 34.1 Å². The van der Waals surface area contributed by atoms with Crippen LogP contribution in [0.4, 0.5) is 4.39 Å². The first-order valence-corrected chi connectivity index (χ1v) is 6.35. The highest BCUT2D eigenvalue weighted by Crippen LogP contribution is 2.18. The Hall–Kier alpha value is -0.650. The molecule has 2 rings (SSSR count). The lowest BCUT2D eigenvalue weighted by Gasteiger charge is -2.32. The van der Waals surface area contributed by atoms with Gasteiger partial charge >= 0.3 is 0 Å². The van der Waals surface area contributed by atoms with E-state index in [9.17, 15) is 9.18 Å². The molecule has 0 bridgehead atoms. The minimum atomic E-state index is -0.468. The summed E-state index contributed by atoms with van der Waals surface area (Å²) in [6.45, 7) is 4.00. The lowest BCUT2D eigenvalue weighted by molar-refractivity contribution is 0.0704. The number of carbonyl (C=O) groups excluding carboxylic acids is 1. The van der Waals surface area contributed by atoms with Gasteiger partial charge in [0.2, 0.25) is 0 Å². The van der Waals surface area contributed by atoms with Crippen molar-refractivity contribution in [1.29, 1.82) is 0 Å². The predicted molar refractivity (Wildman–Crippen MR) is 74.7 cm³/mol. The van der Waals surface area contributed by atoms with Crippen LogP contribution in [-0.2, 0) is 0 Å². The van der Waals surface area contributed by atoms with Crippen molar-refractivity contribution >= 4 is 34.2 Å². The summed E-state index contributed by atoms with van der Waals surface area (Å²) in [6, 6.07) is 4.68. The zero-order chi connectivity index (χ0) is 12.4. The normalized spacial score (nSPS) is 19.3. The molecular formula is C12H15BrClFN2O. The highest BCUT2D eigenvalue weighted by atomic mass is 79.9. The first-order chi connectivity index (χ1) is 8.08. The summed E-state index contributed by atoms with van der Waals surface area (Å²) in [5.74, 6) is -0.707. The van der Waals surface area contributed by atoms with Crippen LogP contribution in [0.3, 0.4) is 0 Å². The Bertz CT molecular complexity index is 444. The van der Waals surface area contributed by atoms with Gasteiger partial charge in [0.25, 0.3) is 5.91 Å². The second-order valence-electron chi connectivity index (χ2n) is 4.23. The number of carbonyl (C=O) groups is 1. The van der Waals surface area contributed by atoms with Crippen molar-refractivity contribution in [2.75, 3.05) is 19.6 Å². The maximum absolute atomic E-state index is 13.6. The molecule has 100 valence electrons. The van der Waals surface area contributed by atoms with Gasteiger partial charge in [0.1, 0.15) is 5.82 Å². The van der Waals surface area contributed by atoms with Crippen molar-refractivity contribution in [1.82, 2.24) is 10.2 Å². The van der Waals surface area contributed by atoms with Crippen LogP contribution >= 0.6 is 28.3 Å². The van der Waals surface area contributed by atoms with Gasteiger partial charge in [-0.1, -0.05) is 15.9 Å². The van der Waals surface area contributed by atoms with Crippen LogP contribution < -0.4 is 5.32 Å². The Kier molecular flexibility index (Phi) is 5.56. The van der Waals surface area contributed by atoms with Gasteiger partial charge in [0, 0.05) is 30.1 Å². The number of rotatable bonds is 1. The molecule has 1 aliphatic rings. The monoisotopic (exact) mass is 336 g/mol. The third kappa shape index (κ3) is 3.43. The summed E-state index contributed by atoms with van der Waals surface area (Å²) < 4.78 is 14.3. The van der Waals surface area contributed by atoms with E-state index in [1.807, 2.05) is 6.92 Å². The van der Waals surface area contributed by atoms with E-state index < -0.39 is 5.82 Å². The molecule has 1 heterocycles. The van der Waals surface area contributed by atoms with Crippen molar-refractivity contribution in [3.63, 3.8) is 0 Å². The number of benzene rings is 1. The van der Waals surface area contributed by atoms with E-state index in [-0.39, 0.29) is 29.9 Å². The first-order valence-electron chi connectivity index (χ1n) is 5.55. The van der Waals surface area contributed by atoms with Crippen LogP contribution in [0.15, 0.2) is 22.7 Å². The second kappa shape index (κ2) is 6.50. The SMILES string of the molecule is CC1CN(C(=O)c2cc(Br)ccc2F)CCN1.Cl. The van der Waals surface area contributed by atoms with Gasteiger partial charge in [-0.25, -0.2) is 4.39 Å². The minimum absolute atomic E-state index is 0. The van der Waals surface area contributed by atoms with Gasteiger partial charge in [0.15, 0.2) is 0 Å². The molecule has 1 fully saturated rings.